The zero-order chi connectivity index (χ0) is 15.2. The van der Waals surface area contributed by atoms with Crippen LogP contribution in [0, 0.1) is 5.92 Å². The summed E-state index contributed by atoms with van der Waals surface area (Å²) in [5, 5.41) is 0. The predicted molar refractivity (Wildman–Crippen MR) is 78.8 cm³/mol. The molecule has 3 atom stereocenters. The fourth-order valence-electron chi connectivity index (χ4n) is 4.01. The molecule has 0 aromatic rings. The van der Waals surface area contributed by atoms with E-state index in [1.807, 2.05) is 25.7 Å². The van der Waals surface area contributed by atoms with E-state index in [0.717, 1.165) is 45.2 Å². The summed E-state index contributed by atoms with van der Waals surface area (Å²) in [5.41, 5.74) is -0.514. The highest BCUT2D eigenvalue weighted by Crippen LogP contribution is 2.44. The first kappa shape index (κ1) is 14.7. The number of carbonyl (C=O) groups excluding carboxylic acids is 2. The second-order valence-electron chi connectivity index (χ2n) is 7.59. The Morgan fingerprint density at radius 2 is 1.76 bits per heavy atom. The molecule has 1 aliphatic carbocycles. The van der Waals surface area contributed by atoms with E-state index in [1.54, 1.807) is 4.90 Å². The van der Waals surface area contributed by atoms with E-state index in [4.69, 9.17) is 4.74 Å². The molecule has 5 heteroatoms. The van der Waals surface area contributed by atoms with Crippen molar-refractivity contribution in [3.63, 3.8) is 0 Å². The standard InChI is InChI=1S/C16H26N2O3/c1-16(2,3)21-15(20)18-12-7-6-11(10-12)13(18)14(19)17-8-4-5-9-17/h11-13H,4-10H2,1-3H3/t11?,12?,13-/m1/s1. The maximum absolute atomic E-state index is 12.8. The van der Waals surface area contributed by atoms with E-state index in [9.17, 15) is 9.59 Å². The number of hydrogen-bond donors (Lipinski definition) is 0. The highest BCUT2D eigenvalue weighted by molar-refractivity contribution is 5.87. The SMILES string of the molecule is CC(C)(C)OC(=O)N1C2CCC(C2)[C@@H]1C(=O)N1CCCC1. The molecule has 2 unspecified atom stereocenters. The lowest BCUT2D eigenvalue weighted by atomic mass is 9.97. The number of piperidine rings is 1. The molecule has 5 nitrogen and oxygen atoms in total. The molecule has 3 fully saturated rings. The maximum atomic E-state index is 12.8. The molecular formula is C16H26N2O3. The fourth-order valence-corrected chi connectivity index (χ4v) is 4.01. The number of ether oxygens (including phenoxy) is 1. The Bertz CT molecular complexity index is 437. The average molecular weight is 294 g/mol. The van der Waals surface area contributed by atoms with Crippen LogP contribution in [0.3, 0.4) is 0 Å². The van der Waals surface area contributed by atoms with Gasteiger partial charge in [-0.1, -0.05) is 0 Å². The Hall–Kier alpha value is -1.26. The largest absolute Gasteiger partial charge is 0.444 e. The molecule has 2 amide bonds. The van der Waals surface area contributed by atoms with Gasteiger partial charge in [0.15, 0.2) is 0 Å². The third-order valence-corrected chi connectivity index (χ3v) is 4.86. The van der Waals surface area contributed by atoms with E-state index in [-0.39, 0.29) is 24.1 Å². The minimum absolute atomic E-state index is 0.144. The minimum Gasteiger partial charge on any atom is -0.444 e. The van der Waals surface area contributed by atoms with Crippen molar-refractivity contribution < 1.29 is 14.3 Å². The number of hydrogen-bond acceptors (Lipinski definition) is 3. The van der Waals surface area contributed by atoms with Crippen molar-refractivity contribution >= 4 is 12.0 Å². The molecule has 21 heavy (non-hydrogen) atoms. The van der Waals surface area contributed by atoms with Gasteiger partial charge >= 0.3 is 6.09 Å². The van der Waals surface area contributed by atoms with Crippen molar-refractivity contribution in [2.45, 2.75) is 70.6 Å². The molecule has 2 bridgehead atoms. The summed E-state index contributed by atoms with van der Waals surface area (Å²) in [6.07, 6.45) is 4.89. The highest BCUT2D eigenvalue weighted by atomic mass is 16.6. The van der Waals surface area contributed by atoms with Crippen molar-refractivity contribution in [2.75, 3.05) is 13.1 Å². The van der Waals surface area contributed by atoms with E-state index < -0.39 is 5.60 Å². The van der Waals surface area contributed by atoms with Crippen LogP contribution in [0.4, 0.5) is 4.79 Å². The van der Waals surface area contributed by atoms with Gasteiger partial charge in [-0.15, -0.1) is 0 Å². The van der Waals surface area contributed by atoms with Crippen LogP contribution in [-0.4, -0.2) is 52.6 Å². The summed E-state index contributed by atoms with van der Waals surface area (Å²) in [7, 11) is 0. The van der Waals surface area contributed by atoms with Crippen LogP contribution < -0.4 is 0 Å². The normalized spacial score (nSPS) is 31.9. The summed E-state index contributed by atoms with van der Waals surface area (Å²) in [6.45, 7) is 7.30. The van der Waals surface area contributed by atoms with Crippen LogP contribution in [0.1, 0.15) is 52.9 Å². The number of rotatable bonds is 1. The highest BCUT2D eigenvalue weighted by Gasteiger charge is 2.53. The molecule has 3 rings (SSSR count). The minimum atomic E-state index is -0.514. The summed E-state index contributed by atoms with van der Waals surface area (Å²) in [4.78, 5) is 29.0. The quantitative estimate of drug-likeness (QED) is 0.746. The van der Waals surface area contributed by atoms with Crippen molar-refractivity contribution in [1.29, 1.82) is 0 Å². The topological polar surface area (TPSA) is 49.9 Å². The molecule has 0 aromatic heterocycles. The monoisotopic (exact) mass is 294 g/mol. The van der Waals surface area contributed by atoms with Gasteiger partial charge in [-0.05, 0) is 58.8 Å². The number of fused-ring (bicyclic) bond motifs is 2. The first-order chi connectivity index (χ1) is 9.87. The summed E-state index contributed by atoms with van der Waals surface area (Å²) >= 11 is 0. The lowest BCUT2D eigenvalue weighted by molar-refractivity contribution is -0.137. The van der Waals surface area contributed by atoms with Crippen LogP contribution in [0.15, 0.2) is 0 Å². The maximum Gasteiger partial charge on any atom is 0.411 e. The lowest BCUT2D eigenvalue weighted by Crippen LogP contribution is -2.54. The Labute approximate surface area is 126 Å². The van der Waals surface area contributed by atoms with Gasteiger partial charge in [-0.2, -0.15) is 0 Å². The molecule has 0 radical (unpaired) electrons. The number of amides is 2. The number of nitrogens with zero attached hydrogens (tertiary/aromatic N) is 2. The second kappa shape index (κ2) is 5.18. The molecule has 3 aliphatic rings. The average Bonchev–Trinajstić information content (AvgIpc) is 3.10. The van der Waals surface area contributed by atoms with E-state index in [0.29, 0.717) is 5.92 Å². The first-order valence-corrected chi connectivity index (χ1v) is 8.17. The zero-order valence-electron chi connectivity index (χ0n) is 13.3. The Kier molecular flexibility index (Phi) is 3.62. The van der Waals surface area contributed by atoms with E-state index in [1.165, 1.54) is 0 Å². The molecule has 2 saturated heterocycles. The third-order valence-electron chi connectivity index (χ3n) is 4.86. The molecule has 0 spiro atoms. The van der Waals surface area contributed by atoms with Crippen molar-refractivity contribution in [1.82, 2.24) is 9.80 Å². The molecule has 2 heterocycles. The van der Waals surface area contributed by atoms with Crippen molar-refractivity contribution in [3.05, 3.63) is 0 Å². The van der Waals surface area contributed by atoms with Gasteiger partial charge in [0.25, 0.3) is 0 Å². The van der Waals surface area contributed by atoms with Crippen molar-refractivity contribution in [2.24, 2.45) is 5.92 Å². The van der Waals surface area contributed by atoms with E-state index in [2.05, 4.69) is 0 Å². The lowest BCUT2D eigenvalue weighted by Gasteiger charge is -2.37. The zero-order valence-corrected chi connectivity index (χ0v) is 13.3. The van der Waals surface area contributed by atoms with Crippen LogP contribution in [0.25, 0.3) is 0 Å². The molecule has 2 aliphatic heterocycles. The van der Waals surface area contributed by atoms with Crippen LogP contribution in [0.5, 0.6) is 0 Å². The molecule has 118 valence electrons. The van der Waals surface area contributed by atoms with Crippen molar-refractivity contribution in [3.8, 4) is 0 Å². The fraction of sp³-hybridized carbons (Fsp3) is 0.875. The second-order valence-corrected chi connectivity index (χ2v) is 7.59. The van der Waals surface area contributed by atoms with Crippen LogP contribution in [0.2, 0.25) is 0 Å². The molecular weight excluding hydrogens is 268 g/mol. The first-order valence-electron chi connectivity index (χ1n) is 8.17. The van der Waals surface area contributed by atoms with Gasteiger partial charge < -0.3 is 9.64 Å². The summed E-state index contributed by atoms with van der Waals surface area (Å²) in [5.74, 6) is 0.473. The Balaban J connectivity index is 1.77. The van der Waals surface area contributed by atoms with Gasteiger partial charge in [-0.25, -0.2) is 4.79 Å². The van der Waals surface area contributed by atoms with Gasteiger partial charge in [-0.3, -0.25) is 9.69 Å². The summed E-state index contributed by atoms with van der Waals surface area (Å²) in [6, 6.07) is -0.0851. The Morgan fingerprint density at radius 3 is 2.38 bits per heavy atom. The van der Waals surface area contributed by atoms with Gasteiger partial charge in [0.1, 0.15) is 11.6 Å². The van der Waals surface area contributed by atoms with Crippen LogP contribution in [-0.2, 0) is 9.53 Å². The molecule has 1 saturated carbocycles. The third kappa shape index (κ3) is 2.74. The summed E-state index contributed by atoms with van der Waals surface area (Å²) < 4.78 is 5.53. The van der Waals surface area contributed by atoms with Gasteiger partial charge in [0.2, 0.25) is 5.91 Å². The Morgan fingerprint density at radius 1 is 1.10 bits per heavy atom. The van der Waals surface area contributed by atoms with Crippen LogP contribution >= 0.6 is 0 Å². The number of likely N-dealkylation sites (tertiary alicyclic amines) is 2. The van der Waals surface area contributed by atoms with E-state index >= 15 is 0 Å². The smallest absolute Gasteiger partial charge is 0.411 e. The molecule has 0 N–H and O–H groups in total. The molecule has 0 aromatic carbocycles. The number of carbonyl (C=O) groups is 2. The van der Waals surface area contributed by atoms with Gasteiger partial charge in [0, 0.05) is 19.1 Å². The predicted octanol–water partition coefficient (Wildman–Crippen LogP) is 2.40. The van der Waals surface area contributed by atoms with Gasteiger partial charge in [0.05, 0.1) is 0 Å².